The van der Waals surface area contributed by atoms with Crippen LogP contribution < -0.4 is 9.62 Å². The quantitative estimate of drug-likeness (QED) is 0.369. The molecule has 1 N–H and O–H groups in total. The van der Waals surface area contributed by atoms with E-state index in [1.165, 1.54) is 29.5 Å². The van der Waals surface area contributed by atoms with Gasteiger partial charge >= 0.3 is 0 Å². The molecule has 0 saturated heterocycles. The largest absolute Gasteiger partial charge is 0.301 e. The SMILES string of the molecule is Cc1ccc([N+](=O)[O-])cc1N(CCCC(=O)Nc1nnc(-c2ccccc2)s1)S(C)(=O)=O. The van der Waals surface area contributed by atoms with Crippen LogP contribution in [-0.2, 0) is 14.8 Å². The van der Waals surface area contributed by atoms with E-state index in [4.69, 9.17) is 0 Å². The fourth-order valence-corrected chi connectivity index (χ4v) is 4.76. The Kier molecular flexibility index (Phi) is 7.15. The van der Waals surface area contributed by atoms with Crippen LogP contribution in [0.4, 0.5) is 16.5 Å². The molecule has 3 rings (SSSR count). The zero-order valence-corrected chi connectivity index (χ0v) is 19.0. The molecule has 0 saturated carbocycles. The number of sulfonamides is 1. The van der Waals surface area contributed by atoms with Gasteiger partial charge < -0.3 is 5.32 Å². The summed E-state index contributed by atoms with van der Waals surface area (Å²) in [6.45, 7) is 1.67. The summed E-state index contributed by atoms with van der Waals surface area (Å²) >= 11 is 1.24. The molecule has 32 heavy (non-hydrogen) atoms. The lowest BCUT2D eigenvalue weighted by molar-refractivity contribution is -0.384. The second-order valence-electron chi connectivity index (χ2n) is 6.99. The molecule has 1 aromatic heterocycles. The minimum absolute atomic E-state index is 0.000352. The maximum atomic E-state index is 12.3. The highest BCUT2D eigenvalue weighted by Crippen LogP contribution is 2.28. The lowest BCUT2D eigenvalue weighted by Crippen LogP contribution is -2.32. The summed E-state index contributed by atoms with van der Waals surface area (Å²) in [4.78, 5) is 22.8. The first-order chi connectivity index (χ1) is 15.1. The monoisotopic (exact) mass is 475 g/mol. The van der Waals surface area contributed by atoms with E-state index in [0.717, 1.165) is 16.1 Å². The van der Waals surface area contributed by atoms with Gasteiger partial charge in [-0.3, -0.25) is 19.2 Å². The predicted molar refractivity (Wildman–Crippen MR) is 123 cm³/mol. The molecule has 12 heteroatoms. The fraction of sp³-hybridized carbons (Fsp3) is 0.250. The highest BCUT2D eigenvalue weighted by atomic mass is 32.2. The zero-order valence-electron chi connectivity index (χ0n) is 17.4. The summed E-state index contributed by atoms with van der Waals surface area (Å²) in [7, 11) is -3.71. The van der Waals surface area contributed by atoms with Gasteiger partial charge in [-0.15, -0.1) is 10.2 Å². The van der Waals surface area contributed by atoms with Gasteiger partial charge in [-0.25, -0.2) is 8.42 Å². The van der Waals surface area contributed by atoms with Crippen molar-refractivity contribution in [3.63, 3.8) is 0 Å². The summed E-state index contributed by atoms with van der Waals surface area (Å²) in [5, 5.41) is 22.8. The summed E-state index contributed by atoms with van der Waals surface area (Å²) in [5.41, 5.74) is 1.48. The van der Waals surface area contributed by atoms with Gasteiger partial charge in [0.1, 0.15) is 5.01 Å². The Morgan fingerprint density at radius 2 is 1.91 bits per heavy atom. The van der Waals surface area contributed by atoms with Gasteiger partial charge in [0.25, 0.3) is 5.69 Å². The van der Waals surface area contributed by atoms with Gasteiger partial charge in [-0.2, -0.15) is 0 Å². The molecule has 2 aromatic carbocycles. The fourth-order valence-electron chi connectivity index (χ4n) is 2.98. The maximum Gasteiger partial charge on any atom is 0.271 e. The van der Waals surface area contributed by atoms with Crippen molar-refractivity contribution in [2.45, 2.75) is 19.8 Å². The third-order valence-corrected chi connectivity index (χ3v) is 6.60. The Morgan fingerprint density at radius 1 is 1.19 bits per heavy atom. The number of nitro groups is 1. The molecular weight excluding hydrogens is 454 g/mol. The average Bonchev–Trinajstić information content (AvgIpc) is 3.20. The second-order valence-corrected chi connectivity index (χ2v) is 9.88. The molecular formula is C20H21N5O5S2. The molecule has 1 heterocycles. The molecule has 0 atom stereocenters. The van der Waals surface area contributed by atoms with E-state index in [1.807, 2.05) is 30.3 Å². The number of aromatic nitrogens is 2. The smallest absolute Gasteiger partial charge is 0.271 e. The van der Waals surface area contributed by atoms with Gasteiger partial charge in [0, 0.05) is 30.7 Å². The summed E-state index contributed by atoms with van der Waals surface area (Å²) in [6, 6.07) is 13.5. The van der Waals surface area contributed by atoms with Crippen molar-refractivity contribution in [3.8, 4) is 10.6 Å². The van der Waals surface area contributed by atoms with Crippen molar-refractivity contribution < 1.29 is 18.1 Å². The molecule has 0 aliphatic carbocycles. The molecule has 0 bridgehead atoms. The van der Waals surface area contributed by atoms with Crippen LogP contribution in [0, 0.1) is 17.0 Å². The number of rotatable bonds is 9. The number of aryl methyl sites for hydroxylation is 1. The van der Waals surface area contributed by atoms with Crippen LogP contribution in [0.2, 0.25) is 0 Å². The molecule has 0 fully saturated rings. The number of nitrogens with zero attached hydrogens (tertiary/aromatic N) is 4. The standard InChI is InChI=1S/C20H21N5O5S2/c1-14-10-11-16(25(27)28)13-17(14)24(32(2,29)30)12-6-9-18(26)21-20-23-22-19(31-20)15-7-4-3-5-8-15/h3-5,7-8,10-11,13H,6,9,12H2,1-2H3,(H,21,23,26). The van der Waals surface area contributed by atoms with E-state index in [9.17, 15) is 23.3 Å². The van der Waals surface area contributed by atoms with Gasteiger partial charge in [0.15, 0.2) is 0 Å². The second kappa shape index (κ2) is 9.83. The minimum Gasteiger partial charge on any atom is -0.301 e. The van der Waals surface area contributed by atoms with E-state index in [1.54, 1.807) is 6.92 Å². The zero-order chi connectivity index (χ0) is 23.3. The van der Waals surface area contributed by atoms with Gasteiger partial charge in [0.05, 0.1) is 16.9 Å². The van der Waals surface area contributed by atoms with Crippen molar-refractivity contribution in [2.75, 3.05) is 22.4 Å². The van der Waals surface area contributed by atoms with E-state index in [0.29, 0.717) is 15.7 Å². The molecule has 0 unspecified atom stereocenters. The third-order valence-electron chi connectivity index (χ3n) is 4.53. The number of benzene rings is 2. The molecule has 0 spiro atoms. The number of hydrogen-bond donors (Lipinski definition) is 1. The Morgan fingerprint density at radius 3 is 2.56 bits per heavy atom. The molecule has 0 aliphatic heterocycles. The number of non-ortho nitro benzene ring substituents is 1. The molecule has 1 amide bonds. The molecule has 0 radical (unpaired) electrons. The van der Waals surface area contributed by atoms with E-state index in [-0.39, 0.29) is 36.7 Å². The first kappa shape index (κ1) is 23.3. The molecule has 168 valence electrons. The van der Waals surface area contributed by atoms with Crippen molar-refractivity contribution in [3.05, 3.63) is 64.2 Å². The molecule has 0 aliphatic rings. The van der Waals surface area contributed by atoms with Crippen LogP contribution in [0.15, 0.2) is 48.5 Å². The third kappa shape index (κ3) is 5.86. The number of hydrogen-bond acceptors (Lipinski definition) is 8. The molecule has 10 nitrogen and oxygen atoms in total. The van der Waals surface area contributed by atoms with Crippen LogP contribution in [-0.4, -0.2) is 42.2 Å². The first-order valence-electron chi connectivity index (χ1n) is 9.56. The van der Waals surface area contributed by atoms with Crippen LogP contribution in [0.25, 0.3) is 10.6 Å². The number of anilines is 2. The number of amides is 1. The number of carbonyl (C=O) groups is 1. The minimum atomic E-state index is -3.71. The Bertz CT molecular complexity index is 1230. The van der Waals surface area contributed by atoms with Crippen molar-refractivity contribution >= 4 is 43.8 Å². The van der Waals surface area contributed by atoms with Crippen molar-refractivity contribution in [1.29, 1.82) is 0 Å². The Labute approximate surface area is 189 Å². The van der Waals surface area contributed by atoms with Crippen LogP contribution >= 0.6 is 11.3 Å². The highest BCUT2D eigenvalue weighted by Gasteiger charge is 2.22. The summed E-state index contributed by atoms with van der Waals surface area (Å²) in [5.74, 6) is -0.329. The topological polar surface area (TPSA) is 135 Å². The lowest BCUT2D eigenvalue weighted by atomic mass is 10.1. The van der Waals surface area contributed by atoms with Gasteiger partial charge in [-0.1, -0.05) is 47.7 Å². The number of nitrogens with one attached hydrogen (secondary N) is 1. The lowest BCUT2D eigenvalue weighted by Gasteiger charge is -2.23. The highest BCUT2D eigenvalue weighted by molar-refractivity contribution is 7.92. The molecule has 3 aromatic rings. The van der Waals surface area contributed by atoms with E-state index in [2.05, 4.69) is 15.5 Å². The van der Waals surface area contributed by atoms with Crippen LogP contribution in [0.1, 0.15) is 18.4 Å². The predicted octanol–water partition coefficient (Wildman–Crippen LogP) is 3.61. The Balaban J connectivity index is 1.63. The van der Waals surface area contributed by atoms with Gasteiger partial charge in [0.2, 0.25) is 21.1 Å². The maximum absolute atomic E-state index is 12.3. The van der Waals surface area contributed by atoms with Crippen LogP contribution in [0.5, 0.6) is 0 Å². The van der Waals surface area contributed by atoms with E-state index >= 15 is 0 Å². The number of carbonyl (C=O) groups excluding carboxylic acids is 1. The normalized spacial score (nSPS) is 11.2. The average molecular weight is 476 g/mol. The van der Waals surface area contributed by atoms with E-state index < -0.39 is 14.9 Å². The van der Waals surface area contributed by atoms with Crippen LogP contribution in [0.3, 0.4) is 0 Å². The van der Waals surface area contributed by atoms with Crippen molar-refractivity contribution in [1.82, 2.24) is 10.2 Å². The summed E-state index contributed by atoms with van der Waals surface area (Å²) < 4.78 is 25.7. The van der Waals surface area contributed by atoms with Gasteiger partial charge in [-0.05, 0) is 18.9 Å². The number of nitro benzene ring substituents is 1. The summed E-state index contributed by atoms with van der Waals surface area (Å²) in [6.07, 6.45) is 1.28. The first-order valence-corrected chi connectivity index (χ1v) is 12.2. The Hall–Kier alpha value is -3.38. The van der Waals surface area contributed by atoms with Crippen molar-refractivity contribution in [2.24, 2.45) is 0 Å².